The zero-order valence-corrected chi connectivity index (χ0v) is 23.3. The summed E-state index contributed by atoms with van der Waals surface area (Å²) in [6.07, 6.45) is 0.934. The summed E-state index contributed by atoms with van der Waals surface area (Å²) in [5.41, 5.74) is 7.56. The molecule has 0 aliphatic carbocycles. The number of benzene rings is 3. The molecule has 1 atom stereocenters. The lowest BCUT2D eigenvalue weighted by atomic mass is 10.0. The summed E-state index contributed by atoms with van der Waals surface area (Å²) in [7, 11) is 0. The topological polar surface area (TPSA) is 82.9 Å². The molecule has 8 nitrogen and oxygen atoms in total. The van der Waals surface area contributed by atoms with Crippen LogP contribution < -0.4 is 10.5 Å². The summed E-state index contributed by atoms with van der Waals surface area (Å²) in [6.45, 7) is 10.3. The third-order valence-electron chi connectivity index (χ3n) is 8.00. The van der Waals surface area contributed by atoms with Gasteiger partial charge in [0.15, 0.2) is 5.82 Å². The quantitative estimate of drug-likeness (QED) is 0.328. The molecule has 0 saturated carbocycles. The number of hydrogen-bond donors (Lipinski definition) is 1. The third kappa shape index (κ3) is 5.14. The molecule has 6 rings (SSSR count). The van der Waals surface area contributed by atoms with E-state index in [0.717, 1.165) is 49.1 Å². The normalized spacial score (nSPS) is 15.0. The molecule has 3 heterocycles. The van der Waals surface area contributed by atoms with Gasteiger partial charge in [0, 0.05) is 42.9 Å². The van der Waals surface area contributed by atoms with Crippen molar-refractivity contribution in [2.75, 3.05) is 31.1 Å². The number of aromatic nitrogens is 5. The standard InChI is InChI=1S/C32H35N7O/c1-4-24-12-13-28-26(19-24)20-27(32(40)33-28)30(31-34-35-36-39(31)21-25-8-6-5-7-9-25)38-16-14-37(15-17-38)29-18-22(2)10-11-23(29)3/h5-13,18-20,30H,4,14-17,21H2,1-3H3,(H,33,40)/t30-/m0/s1. The average molecular weight is 534 g/mol. The molecule has 0 unspecified atom stereocenters. The number of nitrogens with zero attached hydrogens (tertiary/aromatic N) is 6. The Hall–Kier alpha value is -4.30. The van der Waals surface area contributed by atoms with Crippen LogP contribution in [0.15, 0.2) is 77.6 Å². The number of H-pyrrole nitrogens is 1. The lowest BCUT2D eigenvalue weighted by molar-refractivity contribution is 0.200. The SMILES string of the molecule is CCc1ccc2[nH]c(=O)c([C@@H](c3nnnn3Cc3ccccc3)N3CCN(c4cc(C)ccc4C)CC3)cc2c1. The van der Waals surface area contributed by atoms with E-state index in [1.54, 1.807) is 0 Å². The number of tetrazole rings is 1. The second-order valence-electron chi connectivity index (χ2n) is 10.7. The number of fused-ring (bicyclic) bond motifs is 1. The summed E-state index contributed by atoms with van der Waals surface area (Å²) in [5, 5.41) is 14.0. The number of aromatic amines is 1. The van der Waals surface area contributed by atoms with Crippen molar-refractivity contribution in [2.24, 2.45) is 0 Å². The number of rotatable bonds is 7. The van der Waals surface area contributed by atoms with Gasteiger partial charge in [0.05, 0.1) is 6.54 Å². The Labute approximate surface area is 234 Å². The molecule has 3 aromatic carbocycles. The number of hydrogen-bond acceptors (Lipinski definition) is 6. The fraction of sp³-hybridized carbons (Fsp3) is 0.312. The van der Waals surface area contributed by atoms with Crippen LogP contribution in [0.4, 0.5) is 5.69 Å². The van der Waals surface area contributed by atoms with Gasteiger partial charge in [-0.25, -0.2) is 4.68 Å². The average Bonchev–Trinajstić information content (AvgIpc) is 3.43. The van der Waals surface area contributed by atoms with E-state index in [4.69, 9.17) is 0 Å². The Morgan fingerprint density at radius 3 is 2.48 bits per heavy atom. The maximum atomic E-state index is 13.6. The molecule has 1 fully saturated rings. The van der Waals surface area contributed by atoms with Gasteiger partial charge in [0.25, 0.3) is 5.56 Å². The molecule has 0 radical (unpaired) electrons. The van der Waals surface area contributed by atoms with E-state index in [-0.39, 0.29) is 11.6 Å². The monoisotopic (exact) mass is 533 g/mol. The third-order valence-corrected chi connectivity index (χ3v) is 8.00. The van der Waals surface area contributed by atoms with Crippen LogP contribution in [-0.4, -0.2) is 56.3 Å². The Balaban J connectivity index is 1.39. The second-order valence-corrected chi connectivity index (χ2v) is 10.7. The summed E-state index contributed by atoms with van der Waals surface area (Å²) < 4.78 is 1.84. The van der Waals surface area contributed by atoms with Crippen LogP contribution in [0.3, 0.4) is 0 Å². The van der Waals surface area contributed by atoms with Crippen LogP contribution in [0, 0.1) is 13.8 Å². The van der Waals surface area contributed by atoms with Crippen LogP contribution in [0.1, 0.15) is 46.6 Å². The molecule has 0 spiro atoms. The van der Waals surface area contributed by atoms with Gasteiger partial charge in [-0.1, -0.05) is 55.5 Å². The van der Waals surface area contributed by atoms with Crippen LogP contribution in [0.5, 0.6) is 0 Å². The molecule has 204 valence electrons. The second kappa shape index (κ2) is 11.1. The van der Waals surface area contributed by atoms with Gasteiger partial charge in [-0.05, 0) is 82.6 Å². The fourth-order valence-electron chi connectivity index (χ4n) is 5.75. The zero-order valence-electron chi connectivity index (χ0n) is 23.3. The van der Waals surface area contributed by atoms with Crippen LogP contribution >= 0.6 is 0 Å². The van der Waals surface area contributed by atoms with Crippen molar-refractivity contribution < 1.29 is 0 Å². The van der Waals surface area contributed by atoms with Gasteiger partial charge in [-0.15, -0.1) is 5.10 Å². The van der Waals surface area contributed by atoms with Crippen molar-refractivity contribution in [1.82, 2.24) is 30.1 Å². The predicted molar refractivity (Wildman–Crippen MR) is 159 cm³/mol. The van der Waals surface area contributed by atoms with E-state index in [1.165, 1.54) is 22.4 Å². The Morgan fingerprint density at radius 2 is 1.70 bits per heavy atom. The first kappa shape index (κ1) is 26.0. The highest BCUT2D eigenvalue weighted by Gasteiger charge is 2.33. The zero-order chi connectivity index (χ0) is 27.6. The van der Waals surface area contributed by atoms with E-state index in [2.05, 4.69) is 93.5 Å². The van der Waals surface area contributed by atoms with Gasteiger partial charge >= 0.3 is 0 Å². The molecule has 5 aromatic rings. The molecule has 0 amide bonds. The van der Waals surface area contributed by atoms with Crippen LogP contribution in [-0.2, 0) is 13.0 Å². The van der Waals surface area contributed by atoms with Crippen molar-refractivity contribution in [3.05, 3.63) is 117 Å². The van der Waals surface area contributed by atoms with E-state index in [1.807, 2.05) is 35.0 Å². The largest absolute Gasteiger partial charge is 0.369 e. The number of pyridine rings is 1. The lowest BCUT2D eigenvalue weighted by Gasteiger charge is -2.40. The predicted octanol–water partition coefficient (Wildman–Crippen LogP) is 4.65. The van der Waals surface area contributed by atoms with E-state index in [0.29, 0.717) is 17.9 Å². The number of nitrogens with one attached hydrogen (secondary N) is 1. The molecule has 1 aliphatic heterocycles. The van der Waals surface area contributed by atoms with Crippen molar-refractivity contribution in [3.8, 4) is 0 Å². The summed E-state index contributed by atoms with van der Waals surface area (Å²) >= 11 is 0. The highest BCUT2D eigenvalue weighted by atomic mass is 16.1. The van der Waals surface area contributed by atoms with Crippen molar-refractivity contribution in [3.63, 3.8) is 0 Å². The number of aryl methyl sites for hydroxylation is 3. The van der Waals surface area contributed by atoms with Crippen molar-refractivity contribution >= 4 is 16.6 Å². The maximum Gasteiger partial charge on any atom is 0.253 e. The number of anilines is 1. The Kier molecular flexibility index (Phi) is 7.17. The summed E-state index contributed by atoms with van der Waals surface area (Å²) in [5.74, 6) is 0.681. The first-order chi connectivity index (χ1) is 19.5. The highest BCUT2D eigenvalue weighted by Crippen LogP contribution is 2.30. The molecule has 0 bridgehead atoms. The molecule has 2 aromatic heterocycles. The lowest BCUT2D eigenvalue weighted by Crippen LogP contribution is -2.49. The summed E-state index contributed by atoms with van der Waals surface area (Å²) in [4.78, 5) is 21.6. The van der Waals surface area contributed by atoms with Gasteiger partial charge in [0.1, 0.15) is 6.04 Å². The Morgan fingerprint density at radius 1 is 0.900 bits per heavy atom. The van der Waals surface area contributed by atoms with Crippen molar-refractivity contribution in [1.29, 1.82) is 0 Å². The molecule has 8 heteroatoms. The number of piperazine rings is 1. The van der Waals surface area contributed by atoms with Gasteiger partial charge in [-0.3, -0.25) is 9.69 Å². The van der Waals surface area contributed by atoms with Crippen LogP contribution in [0.2, 0.25) is 0 Å². The Bertz CT molecular complexity index is 1680. The van der Waals surface area contributed by atoms with Gasteiger partial charge in [0.2, 0.25) is 0 Å². The molecule has 1 N–H and O–H groups in total. The molecular weight excluding hydrogens is 498 g/mol. The van der Waals surface area contributed by atoms with Gasteiger partial charge < -0.3 is 9.88 Å². The van der Waals surface area contributed by atoms with E-state index >= 15 is 0 Å². The minimum Gasteiger partial charge on any atom is -0.369 e. The first-order valence-corrected chi connectivity index (χ1v) is 14.0. The van der Waals surface area contributed by atoms with E-state index < -0.39 is 0 Å². The summed E-state index contributed by atoms with van der Waals surface area (Å²) in [6, 6.07) is 24.7. The van der Waals surface area contributed by atoms with Gasteiger partial charge in [-0.2, -0.15) is 0 Å². The maximum absolute atomic E-state index is 13.6. The molecular formula is C32H35N7O. The smallest absolute Gasteiger partial charge is 0.253 e. The van der Waals surface area contributed by atoms with Crippen LogP contribution in [0.25, 0.3) is 10.9 Å². The first-order valence-electron chi connectivity index (χ1n) is 14.0. The van der Waals surface area contributed by atoms with E-state index in [9.17, 15) is 4.79 Å². The van der Waals surface area contributed by atoms with Crippen molar-refractivity contribution in [2.45, 2.75) is 39.8 Å². The fourth-order valence-corrected chi connectivity index (χ4v) is 5.75. The highest BCUT2D eigenvalue weighted by molar-refractivity contribution is 5.80. The molecule has 40 heavy (non-hydrogen) atoms. The minimum atomic E-state index is -0.377. The molecule has 1 saturated heterocycles. The molecule has 1 aliphatic rings. The minimum absolute atomic E-state index is 0.104.